The summed E-state index contributed by atoms with van der Waals surface area (Å²) in [6.45, 7) is 4.89. The SMILES string of the molecule is CC(C)N(C)S(=O)(=O)c1ccc(S(=O)(=O)N2CCOCC2)cc1. The quantitative estimate of drug-likeness (QED) is 0.771. The van der Waals surface area contributed by atoms with Crippen molar-refractivity contribution in [1.29, 1.82) is 0 Å². The third-order valence-corrected chi connectivity index (χ3v) is 7.80. The van der Waals surface area contributed by atoms with E-state index in [1.54, 1.807) is 13.8 Å². The highest BCUT2D eigenvalue weighted by Crippen LogP contribution is 2.21. The molecule has 0 spiro atoms. The number of nitrogens with zero attached hydrogens (tertiary/aromatic N) is 2. The second kappa shape index (κ2) is 6.86. The summed E-state index contributed by atoms with van der Waals surface area (Å²) in [7, 11) is -5.74. The highest BCUT2D eigenvalue weighted by molar-refractivity contribution is 7.89. The smallest absolute Gasteiger partial charge is 0.243 e. The fraction of sp³-hybridized carbons (Fsp3) is 0.571. The first-order chi connectivity index (χ1) is 10.7. The Kier molecular flexibility index (Phi) is 5.47. The van der Waals surface area contributed by atoms with Crippen LogP contribution in [-0.4, -0.2) is 64.8 Å². The van der Waals surface area contributed by atoms with Gasteiger partial charge in [0, 0.05) is 26.2 Å². The van der Waals surface area contributed by atoms with Crippen LogP contribution < -0.4 is 0 Å². The van der Waals surface area contributed by atoms with Crippen molar-refractivity contribution in [2.75, 3.05) is 33.4 Å². The van der Waals surface area contributed by atoms with Crippen LogP contribution in [0.2, 0.25) is 0 Å². The molecule has 0 aromatic heterocycles. The summed E-state index contributed by atoms with van der Waals surface area (Å²) in [5.74, 6) is 0. The first-order valence-electron chi connectivity index (χ1n) is 7.33. The predicted molar refractivity (Wildman–Crippen MR) is 86.1 cm³/mol. The van der Waals surface area contributed by atoms with Gasteiger partial charge in [-0.15, -0.1) is 0 Å². The van der Waals surface area contributed by atoms with Gasteiger partial charge >= 0.3 is 0 Å². The Bertz CT molecular complexity index is 736. The van der Waals surface area contributed by atoms with Gasteiger partial charge < -0.3 is 4.74 Å². The summed E-state index contributed by atoms with van der Waals surface area (Å²) >= 11 is 0. The monoisotopic (exact) mass is 362 g/mol. The molecule has 0 atom stereocenters. The maximum absolute atomic E-state index is 12.5. The van der Waals surface area contributed by atoms with E-state index >= 15 is 0 Å². The minimum absolute atomic E-state index is 0.0784. The highest BCUT2D eigenvalue weighted by atomic mass is 32.2. The molecule has 0 radical (unpaired) electrons. The minimum atomic E-state index is -3.62. The van der Waals surface area contributed by atoms with E-state index in [0.29, 0.717) is 26.3 Å². The molecule has 130 valence electrons. The Morgan fingerprint density at radius 1 is 1.00 bits per heavy atom. The van der Waals surface area contributed by atoms with Crippen molar-refractivity contribution in [2.45, 2.75) is 29.7 Å². The van der Waals surface area contributed by atoms with Crippen LogP contribution >= 0.6 is 0 Å². The topological polar surface area (TPSA) is 84.0 Å². The zero-order chi connectivity index (χ0) is 17.3. The molecule has 23 heavy (non-hydrogen) atoms. The molecule has 1 saturated heterocycles. The molecule has 1 aliphatic heterocycles. The molecule has 0 N–H and O–H groups in total. The first-order valence-corrected chi connectivity index (χ1v) is 10.2. The van der Waals surface area contributed by atoms with Crippen LogP contribution in [-0.2, 0) is 24.8 Å². The Hall–Kier alpha value is -1.00. The number of rotatable bonds is 5. The van der Waals surface area contributed by atoms with Gasteiger partial charge in [-0.25, -0.2) is 16.8 Å². The molecule has 0 unspecified atom stereocenters. The average molecular weight is 362 g/mol. The zero-order valence-electron chi connectivity index (χ0n) is 13.5. The van der Waals surface area contributed by atoms with E-state index in [1.807, 2.05) is 0 Å². The highest BCUT2D eigenvalue weighted by Gasteiger charge is 2.28. The summed E-state index contributed by atoms with van der Waals surface area (Å²) in [5.41, 5.74) is 0. The van der Waals surface area contributed by atoms with Crippen molar-refractivity contribution < 1.29 is 21.6 Å². The van der Waals surface area contributed by atoms with Gasteiger partial charge in [0.2, 0.25) is 20.0 Å². The molecular weight excluding hydrogens is 340 g/mol. The van der Waals surface area contributed by atoms with Crippen LogP contribution in [0.3, 0.4) is 0 Å². The standard InChI is InChI=1S/C14H22N2O5S2/c1-12(2)15(3)22(17,18)13-4-6-14(7-5-13)23(19,20)16-8-10-21-11-9-16/h4-7,12H,8-11H2,1-3H3. The molecular formula is C14H22N2O5S2. The molecule has 1 heterocycles. The predicted octanol–water partition coefficient (Wildman–Crippen LogP) is 0.736. The molecule has 1 fully saturated rings. The van der Waals surface area contributed by atoms with Crippen LogP contribution in [0, 0.1) is 0 Å². The molecule has 0 saturated carbocycles. The van der Waals surface area contributed by atoms with Crippen LogP contribution in [0.1, 0.15) is 13.8 Å². The molecule has 9 heteroatoms. The second-order valence-electron chi connectivity index (χ2n) is 5.60. The summed E-state index contributed by atoms with van der Waals surface area (Å²) in [6, 6.07) is 5.16. The van der Waals surface area contributed by atoms with Gasteiger partial charge in [-0.3, -0.25) is 0 Å². The van der Waals surface area contributed by atoms with Crippen molar-refractivity contribution in [3.05, 3.63) is 24.3 Å². The summed E-state index contributed by atoms with van der Waals surface area (Å²) in [4.78, 5) is 0.167. The van der Waals surface area contributed by atoms with Crippen LogP contribution in [0.5, 0.6) is 0 Å². The summed E-state index contributed by atoms with van der Waals surface area (Å²) in [6.07, 6.45) is 0. The van der Waals surface area contributed by atoms with Crippen molar-refractivity contribution >= 4 is 20.0 Å². The van der Waals surface area contributed by atoms with Gasteiger partial charge in [0.05, 0.1) is 23.0 Å². The van der Waals surface area contributed by atoms with Crippen molar-refractivity contribution in [3.63, 3.8) is 0 Å². The van der Waals surface area contributed by atoms with E-state index in [9.17, 15) is 16.8 Å². The Morgan fingerprint density at radius 2 is 1.48 bits per heavy atom. The number of morpholine rings is 1. The Labute approximate surface area is 137 Å². The maximum Gasteiger partial charge on any atom is 0.243 e. The van der Waals surface area contributed by atoms with Gasteiger partial charge in [0.1, 0.15) is 0 Å². The number of hydrogen-bond donors (Lipinski definition) is 0. The summed E-state index contributed by atoms with van der Waals surface area (Å²) < 4.78 is 57.5. The first kappa shape index (κ1) is 18.3. The maximum atomic E-state index is 12.5. The number of sulfonamides is 2. The lowest BCUT2D eigenvalue weighted by Gasteiger charge is -2.26. The molecule has 0 bridgehead atoms. The van der Waals surface area contributed by atoms with Gasteiger partial charge in [-0.1, -0.05) is 0 Å². The zero-order valence-corrected chi connectivity index (χ0v) is 15.1. The van der Waals surface area contributed by atoms with E-state index in [0.717, 1.165) is 0 Å². The molecule has 0 aliphatic carbocycles. The van der Waals surface area contributed by atoms with E-state index in [-0.39, 0.29) is 15.8 Å². The van der Waals surface area contributed by atoms with Gasteiger partial charge in [-0.05, 0) is 38.1 Å². The van der Waals surface area contributed by atoms with E-state index in [4.69, 9.17) is 4.74 Å². The fourth-order valence-electron chi connectivity index (χ4n) is 2.16. The van der Waals surface area contributed by atoms with Crippen LogP contribution in [0.4, 0.5) is 0 Å². The fourth-order valence-corrected chi connectivity index (χ4v) is 4.94. The Morgan fingerprint density at radius 3 is 1.96 bits per heavy atom. The number of benzene rings is 1. The van der Waals surface area contributed by atoms with Gasteiger partial charge in [0.25, 0.3) is 0 Å². The molecule has 0 amide bonds. The van der Waals surface area contributed by atoms with Gasteiger partial charge in [-0.2, -0.15) is 8.61 Å². The van der Waals surface area contributed by atoms with Crippen molar-refractivity contribution in [1.82, 2.24) is 8.61 Å². The third-order valence-electron chi connectivity index (χ3n) is 3.84. The van der Waals surface area contributed by atoms with E-state index in [2.05, 4.69) is 0 Å². The van der Waals surface area contributed by atoms with Crippen LogP contribution in [0.15, 0.2) is 34.1 Å². The largest absolute Gasteiger partial charge is 0.379 e. The molecule has 1 aromatic carbocycles. The normalized spacial score (nSPS) is 17.8. The summed E-state index contributed by atoms with van der Waals surface area (Å²) in [5, 5.41) is 0. The van der Waals surface area contributed by atoms with Crippen molar-refractivity contribution in [2.24, 2.45) is 0 Å². The van der Waals surface area contributed by atoms with Crippen LogP contribution in [0.25, 0.3) is 0 Å². The molecule has 1 aliphatic rings. The third kappa shape index (κ3) is 3.74. The second-order valence-corrected chi connectivity index (χ2v) is 9.54. The lowest BCUT2D eigenvalue weighted by Crippen LogP contribution is -2.40. The average Bonchev–Trinajstić information content (AvgIpc) is 2.55. The minimum Gasteiger partial charge on any atom is -0.379 e. The lowest BCUT2D eigenvalue weighted by molar-refractivity contribution is 0.0730. The van der Waals surface area contributed by atoms with E-state index in [1.165, 1.54) is 39.9 Å². The number of hydrogen-bond acceptors (Lipinski definition) is 5. The lowest BCUT2D eigenvalue weighted by atomic mass is 10.4. The van der Waals surface area contributed by atoms with Crippen molar-refractivity contribution in [3.8, 4) is 0 Å². The molecule has 2 rings (SSSR count). The molecule has 1 aromatic rings. The molecule has 7 nitrogen and oxygen atoms in total. The van der Waals surface area contributed by atoms with E-state index < -0.39 is 20.0 Å². The Balaban J connectivity index is 2.29. The van der Waals surface area contributed by atoms with Gasteiger partial charge in [0.15, 0.2) is 0 Å². The number of ether oxygens (including phenoxy) is 1.